The summed E-state index contributed by atoms with van der Waals surface area (Å²) in [5.74, 6) is 5.64. The molecule has 0 spiro atoms. The van der Waals surface area contributed by atoms with Crippen LogP contribution in [0.1, 0.15) is 17.2 Å². The Hall–Kier alpha value is -2.61. The van der Waals surface area contributed by atoms with Gasteiger partial charge in [0.1, 0.15) is 0 Å². The topological polar surface area (TPSA) is 96.8 Å². The number of benzene rings is 2. The van der Waals surface area contributed by atoms with E-state index in [1.54, 1.807) is 23.4 Å². The normalized spacial score (nSPS) is 17.8. The summed E-state index contributed by atoms with van der Waals surface area (Å²) in [7, 11) is 0. The smallest absolute Gasteiger partial charge is 0.259 e. The second-order valence-corrected chi connectivity index (χ2v) is 4.91. The first-order chi connectivity index (χ1) is 10.7. The first-order valence-corrected chi connectivity index (χ1v) is 6.79. The molecule has 0 saturated carbocycles. The van der Waals surface area contributed by atoms with Crippen molar-refractivity contribution in [2.75, 3.05) is 6.54 Å². The lowest BCUT2D eigenvalue weighted by molar-refractivity contribution is -0.384. The van der Waals surface area contributed by atoms with Crippen LogP contribution >= 0.6 is 0 Å². The van der Waals surface area contributed by atoms with Crippen LogP contribution in [0.15, 0.2) is 53.5 Å². The van der Waals surface area contributed by atoms with Gasteiger partial charge in [0, 0.05) is 23.9 Å². The molecule has 0 bridgehead atoms. The molecule has 1 aliphatic heterocycles. The van der Waals surface area contributed by atoms with Crippen LogP contribution in [0.4, 0.5) is 11.4 Å². The molecule has 7 heteroatoms. The maximum absolute atomic E-state index is 11.1. The number of nitrogens with two attached hydrogens (primary N) is 1. The highest BCUT2D eigenvalue weighted by molar-refractivity contribution is 5.70. The Morgan fingerprint density at radius 3 is 2.73 bits per heavy atom. The van der Waals surface area contributed by atoms with Crippen molar-refractivity contribution in [2.24, 2.45) is 10.8 Å². The molecule has 0 fully saturated rings. The van der Waals surface area contributed by atoms with Gasteiger partial charge in [-0.05, 0) is 11.6 Å². The summed E-state index contributed by atoms with van der Waals surface area (Å²) in [4.78, 5) is 15.1. The lowest BCUT2D eigenvalue weighted by atomic mass is 9.96. The van der Waals surface area contributed by atoms with Gasteiger partial charge in [0.25, 0.3) is 5.69 Å². The van der Waals surface area contributed by atoms with Crippen molar-refractivity contribution in [1.82, 2.24) is 10.5 Å². The Bertz CT molecular complexity index is 717. The molecule has 0 saturated heterocycles. The van der Waals surface area contributed by atoms with Crippen molar-refractivity contribution in [3.05, 3.63) is 69.8 Å². The second kappa shape index (κ2) is 6.02. The summed E-state index contributed by atoms with van der Waals surface area (Å²) in [6.07, 6.45) is 1.73. The van der Waals surface area contributed by atoms with Gasteiger partial charge in [-0.15, -0.1) is 0 Å². The number of nitrogens with one attached hydrogen (secondary N) is 1. The second-order valence-electron chi connectivity index (χ2n) is 4.91. The zero-order valence-electron chi connectivity index (χ0n) is 11.7. The molecular weight excluding hydrogens is 282 g/mol. The van der Waals surface area contributed by atoms with Crippen LogP contribution in [0, 0.1) is 10.1 Å². The fourth-order valence-corrected chi connectivity index (χ4v) is 2.61. The third-order valence-electron chi connectivity index (χ3n) is 3.62. The molecule has 0 aliphatic carbocycles. The number of rotatable bonds is 3. The van der Waals surface area contributed by atoms with Gasteiger partial charge < -0.3 is 0 Å². The molecule has 7 nitrogen and oxygen atoms in total. The number of hydrogen-bond donors (Lipinski definition) is 2. The standard InChI is InChI=1S/C15H15N5O2/c16-18-19-9-8-17-14-7-6-12(20(21)22)10-13(14)15(19)11-4-2-1-3-5-11/h1-8,10,15,18H,9,16H2. The molecule has 112 valence electrons. The van der Waals surface area contributed by atoms with E-state index in [9.17, 15) is 10.1 Å². The first kappa shape index (κ1) is 14.3. The number of non-ortho nitro benzene ring substituents is 1. The molecule has 0 amide bonds. The monoisotopic (exact) mass is 297 g/mol. The van der Waals surface area contributed by atoms with E-state index >= 15 is 0 Å². The Morgan fingerprint density at radius 1 is 1.27 bits per heavy atom. The number of nitrogens with zero attached hydrogens (tertiary/aromatic N) is 3. The van der Waals surface area contributed by atoms with E-state index in [2.05, 4.69) is 10.5 Å². The van der Waals surface area contributed by atoms with Crippen molar-refractivity contribution >= 4 is 17.6 Å². The lowest BCUT2D eigenvalue weighted by Crippen LogP contribution is -2.46. The minimum absolute atomic E-state index is 0.0359. The predicted octanol–water partition coefficient (Wildman–Crippen LogP) is 2.08. The van der Waals surface area contributed by atoms with Crippen molar-refractivity contribution in [2.45, 2.75) is 6.04 Å². The van der Waals surface area contributed by atoms with E-state index in [0.717, 1.165) is 11.1 Å². The summed E-state index contributed by atoms with van der Waals surface area (Å²) in [5.41, 5.74) is 5.12. The minimum Gasteiger partial charge on any atom is -0.259 e. The average molecular weight is 297 g/mol. The number of nitro benzene ring substituents is 1. The Kier molecular flexibility index (Phi) is 3.92. The highest BCUT2D eigenvalue weighted by Crippen LogP contribution is 2.37. The van der Waals surface area contributed by atoms with Crippen molar-refractivity contribution < 1.29 is 4.92 Å². The molecule has 1 atom stereocenters. The van der Waals surface area contributed by atoms with Gasteiger partial charge in [-0.2, -0.15) is 5.53 Å². The molecule has 2 aromatic rings. The Labute approximate surface area is 127 Å². The van der Waals surface area contributed by atoms with Crippen LogP contribution in [-0.2, 0) is 0 Å². The SMILES string of the molecule is NNN1CC=Nc2ccc([N+](=O)[O-])cc2C1c1ccccc1. The molecule has 1 heterocycles. The van der Waals surface area contributed by atoms with E-state index in [-0.39, 0.29) is 11.7 Å². The first-order valence-electron chi connectivity index (χ1n) is 6.79. The summed E-state index contributed by atoms with van der Waals surface area (Å²) in [6, 6.07) is 14.1. The minimum atomic E-state index is -0.406. The molecule has 0 aromatic heterocycles. The Morgan fingerprint density at radius 2 is 2.05 bits per heavy atom. The highest BCUT2D eigenvalue weighted by atomic mass is 16.6. The molecule has 22 heavy (non-hydrogen) atoms. The molecule has 0 radical (unpaired) electrons. The predicted molar refractivity (Wildman–Crippen MR) is 83.6 cm³/mol. The van der Waals surface area contributed by atoms with Gasteiger partial charge in [0.05, 0.1) is 23.2 Å². The van der Waals surface area contributed by atoms with Gasteiger partial charge in [-0.3, -0.25) is 20.9 Å². The van der Waals surface area contributed by atoms with Gasteiger partial charge >= 0.3 is 0 Å². The highest BCUT2D eigenvalue weighted by Gasteiger charge is 2.27. The zero-order valence-corrected chi connectivity index (χ0v) is 11.7. The summed E-state index contributed by atoms with van der Waals surface area (Å²) in [5, 5.41) is 12.9. The van der Waals surface area contributed by atoms with E-state index in [1.165, 1.54) is 6.07 Å². The van der Waals surface area contributed by atoms with E-state index in [4.69, 9.17) is 5.84 Å². The van der Waals surface area contributed by atoms with Gasteiger partial charge in [0.15, 0.2) is 0 Å². The zero-order chi connectivity index (χ0) is 15.5. The average Bonchev–Trinajstić information content (AvgIpc) is 2.73. The maximum Gasteiger partial charge on any atom is 0.269 e. The summed E-state index contributed by atoms with van der Waals surface area (Å²) >= 11 is 0. The third kappa shape index (κ3) is 2.60. The lowest BCUT2D eigenvalue weighted by Gasteiger charge is -2.29. The van der Waals surface area contributed by atoms with Gasteiger partial charge in [-0.1, -0.05) is 30.3 Å². The quantitative estimate of drug-likeness (QED) is 0.513. The van der Waals surface area contributed by atoms with Crippen molar-refractivity contribution in [3.63, 3.8) is 0 Å². The molecular formula is C15H15N5O2. The number of hydrazine groups is 2. The van der Waals surface area contributed by atoms with Crippen LogP contribution < -0.4 is 11.4 Å². The van der Waals surface area contributed by atoms with Crippen molar-refractivity contribution in [3.8, 4) is 0 Å². The molecule has 1 unspecified atom stereocenters. The van der Waals surface area contributed by atoms with E-state index in [1.807, 2.05) is 30.3 Å². The van der Waals surface area contributed by atoms with Crippen LogP contribution in [0.2, 0.25) is 0 Å². The van der Waals surface area contributed by atoms with Crippen LogP contribution in [-0.4, -0.2) is 22.7 Å². The summed E-state index contributed by atoms with van der Waals surface area (Å²) < 4.78 is 0. The molecule has 1 aliphatic rings. The van der Waals surface area contributed by atoms with Gasteiger partial charge in [0.2, 0.25) is 0 Å². The fourth-order valence-electron chi connectivity index (χ4n) is 2.61. The Balaban J connectivity index is 2.18. The van der Waals surface area contributed by atoms with Crippen LogP contribution in [0.5, 0.6) is 0 Å². The fraction of sp³-hybridized carbons (Fsp3) is 0.133. The number of hydrogen-bond acceptors (Lipinski definition) is 6. The number of fused-ring (bicyclic) bond motifs is 1. The van der Waals surface area contributed by atoms with E-state index in [0.29, 0.717) is 12.2 Å². The summed E-state index contributed by atoms with van der Waals surface area (Å²) in [6.45, 7) is 0.485. The molecule has 3 N–H and O–H groups in total. The molecule has 3 rings (SSSR count). The maximum atomic E-state index is 11.1. The largest absolute Gasteiger partial charge is 0.269 e. The van der Waals surface area contributed by atoms with Crippen LogP contribution in [0.25, 0.3) is 0 Å². The van der Waals surface area contributed by atoms with Gasteiger partial charge in [-0.25, -0.2) is 5.01 Å². The third-order valence-corrected chi connectivity index (χ3v) is 3.62. The molecule has 2 aromatic carbocycles. The van der Waals surface area contributed by atoms with Crippen molar-refractivity contribution in [1.29, 1.82) is 0 Å². The number of aliphatic imine (C=N–C) groups is 1. The number of nitro groups is 1. The van der Waals surface area contributed by atoms with E-state index < -0.39 is 4.92 Å². The van der Waals surface area contributed by atoms with Crippen LogP contribution in [0.3, 0.4) is 0 Å².